The first-order chi connectivity index (χ1) is 7.27. The van der Waals surface area contributed by atoms with E-state index in [4.69, 9.17) is 0 Å². The van der Waals surface area contributed by atoms with Gasteiger partial charge in [-0.05, 0) is 12.5 Å². The maximum Gasteiger partial charge on any atom is 0.283 e. The lowest BCUT2D eigenvalue weighted by molar-refractivity contribution is -0.697. The summed E-state index contributed by atoms with van der Waals surface area (Å²) in [5, 5.41) is 9.52. The topological polar surface area (TPSA) is 39.9 Å². The molecule has 0 fully saturated rings. The largest absolute Gasteiger partial charge is 0.381 e. The minimum Gasteiger partial charge on any atom is -0.381 e. The van der Waals surface area contributed by atoms with Crippen LogP contribution in [0.2, 0.25) is 0 Å². The summed E-state index contributed by atoms with van der Waals surface area (Å²) in [6, 6.07) is 10.2. The van der Waals surface area contributed by atoms with E-state index >= 15 is 0 Å². The maximum atomic E-state index is 9.52. The first-order valence-corrected chi connectivity index (χ1v) is 5.06. The number of hydrogen-bond donors (Lipinski definition) is 2. The molecule has 1 heterocycles. The molecular formula is C12H15N2O+. The van der Waals surface area contributed by atoms with Gasteiger partial charge in [0, 0.05) is 0 Å². The van der Waals surface area contributed by atoms with Crippen LogP contribution >= 0.6 is 0 Å². The van der Waals surface area contributed by atoms with Crippen LogP contribution in [0, 0.1) is 0 Å². The van der Waals surface area contributed by atoms with Gasteiger partial charge < -0.3 is 5.11 Å². The van der Waals surface area contributed by atoms with Crippen molar-refractivity contribution in [2.24, 2.45) is 0 Å². The summed E-state index contributed by atoms with van der Waals surface area (Å²) in [5.74, 6) is 0.832. The molecule has 1 aromatic heterocycles. The highest BCUT2D eigenvalue weighted by molar-refractivity contribution is 5.13. The SMILES string of the molecule is CC(O)c1[nH]cc[n+]1Cc1ccccc1. The third-order valence-corrected chi connectivity index (χ3v) is 2.39. The number of aromatic amines is 1. The van der Waals surface area contributed by atoms with Crippen LogP contribution in [0.5, 0.6) is 0 Å². The van der Waals surface area contributed by atoms with Gasteiger partial charge in [-0.25, -0.2) is 9.55 Å². The third-order valence-electron chi connectivity index (χ3n) is 2.39. The number of nitrogens with zero attached hydrogens (tertiary/aromatic N) is 1. The average molecular weight is 203 g/mol. The van der Waals surface area contributed by atoms with Crippen molar-refractivity contribution in [2.45, 2.75) is 19.6 Å². The number of aromatic nitrogens is 2. The molecule has 0 aliphatic heterocycles. The van der Waals surface area contributed by atoms with Gasteiger partial charge in [0.2, 0.25) is 0 Å². The Hall–Kier alpha value is -1.61. The van der Waals surface area contributed by atoms with Crippen LogP contribution in [0.4, 0.5) is 0 Å². The van der Waals surface area contributed by atoms with Crippen LogP contribution in [0.3, 0.4) is 0 Å². The molecule has 0 amide bonds. The van der Waals surface area contributed by atoms with Gasteiger partial charge in [0.25, 0.3) is 5.82 Å². The van der Waals surface area contributed by atoms with Gasteiger partial charge in [0.15, 0.2) is 6.10 Å². The molecule has 1 atom stereocenters. The molecule has 15 heavy (non-hydrogen) atoms. The molecule has 3 heteroatoms. The highest BCUT2D eigenvalue weighted by Crippen LogP contribution is 2.04. The first-order valence-electron chi connectivity index (χ1n) is 5.06. The van der Waals surface area contributed by atoms with Gasteiger partial charge in [-0.15, -0.1) is 0 Å². The molecule has 0 saturated heterocycles. The predicted molar refractivity (Wildman–Crippen MR) is 57.2 cm³/mol. The monoisotopic (exact) mass is 203 g/mol. The smallest absolute Gasteiger partial charge is 0.283 e. The zero-order chi connectivity index (χ0) is 10.7. The quantitative estimate of drug-likeness (QED) is 0.727. The molecule has 1 aromatic carbocycles. The van der Waals surface area contributed by atoms with Crippen LogP contribution in [-0.2, 0) is 6.54 Å². The van der Waals surface area contributed by atoms with Gasteiger partial charge in [0.1, 0.15) is 18.9 Å². The first kappa shape index (κ1) is 9.93. The summed E-state index contributed by atoms with van der Waals surface area (Å²) in [6.07, 6.45) is 3.31. The molecule has 2 rings (SSSR count). The molecule has 3 nitrogen and oxygen atoms in total. The van der Waals surface area contributed by atoms with Gasteiger partial charge >= 0.3 is 0 Å². The van der Waals surface area contributed by atoms with E-state index in [0.29, 0.717) is 0 Å². The van der Waals surface area contributed by atoms with Crippen LogP contribution in [0.25, 0.3) is 0 Å². The number of nitrogens with one attached hydrogen (secondary N) is 1. The third kappa shape index (κ3) is 2.25. The fourth-order valence-corrected chi connectivity index (χ4v) is 1.65. The average Bonchev–Trinajstić information content (AvgIpc) is 2.67. The Bertz CT molecular complexity index is 420. The molecule has 0 aliphatic rings. The van der Waals surface area contributed by atoms with E-state index in [1.165, 1.54) is 5.56 Å². The number of rotatable bonds is 3. The minimum atomic E-state index is -0.469. The Labute approximate surface area is 89.0 Å². The molecule has 1 unspecified atom stereocenters. The summed E-state index contributed by atoms with van der Waals surface area (Å²) < 4.78 is 2.01. The van der Waals surface area contributed by atoms with E-state index in [0.717, 1.165) is 12.4 Å². The second-order valence-corrected chi connectivity index (χ2v) is 3.63. The zero-order valence-corrected chi connectivity index (χ0v) is 8.72. The van der Waals surface area contributed by atoms with Crippen molar-refractivity contribution in [1.82, 2.24) is 4.98 Å². The zero-order valence-electron chi connectivity index (χ0n) is 8.72. The highest BCUT2D eigenvalue weighted by atomic mass is 16.3. The normalized spacial score (nSPS) is 12.7. The molecule has 2 N–H and O–H groups in total. The van der Waals surface area contributed by atoms with Crippen LogP contribution in [-0.4, -0.2) is 10.1 Å². The molecule has 0 bridgehead atoms. The number of hydrogen-bond acceptors (Lipinski definition) is 1. The number of imidazole rings is 1. The Kier molecular flexibility index (Phi) is 2.83. The summed E-state index contributed by atoms with van der Waals surface area (Å²) in [6.45, 7) is 2.54. The molecular weight excluding hydrogens is 188 g/mol. The van der Waals surface area contributed by atoms with E-state index in [1.807, 2.05) is 35.2 Å². The Morgan fingerprint density at radius 2 is 2.07 bits per heavy atom. The van der Waals surface area contributed by atoms with E-state index in [1.54, 1.807) is 6.92 Å². The fourth-order valence-electron chi connectivity index (χ4n) is 1.65. The summed E-state index contributed by atoms with van der Waals surface area (Å²) in [7, 11) is 0. The van der Waals surface area contributed by atoms with Crippen molar-refractivity contribution < 1.29 is 9.67 Å². The molecule has 0 radical (unpaired) electrons. The van der Waals surface area contributed by atoms with E-state index in [-0.39, 0.29) is 0 Å². The number of aliphatic hydroxyl groups excluding tert-OH is 1. The van der Waals surface area contributed by atoms with Crippen molar-refractivity contribution in [3.63, 3.8) is 0 Å². The van der Waals surface area contributed by atoms with Crippen LogP contribution in [0.15, 0.2) is 42.7 Å². The summed E-state index contributed by atoms with van der Waals surface area (Å²) >= 11 is 0. The fraction of sp³-hybridized carbons (Fsp3) is 0.250. The van der Waals surface area contributed by atoms with Gasteiger partial charge in [-0.3, -0.25) is 0 Å². The highest BCUT2D eigenvalue weighted by Gasteiger charge is 2.15. The minimum absolute atomic E-state index is 0.469. The molecule has 0 spiro atoms. The number of H-pyrrole nitrogens is 1. The second-order valence-electron chi connectivity index (χ2n) is 3.63. The molecule has 2 aromatic rings. The lowest BCUT2D eigenvalue weighted by Crippen LogP contribution is -2.37. The van der Waals surface area contributed by atoms with E-state index in [2.05, 4.69) is 17.1 Å². The summed E-state index contributed by atoms with van der Waals surface area (Å²) in [5.41, 5.74) is 1.23. The number of benzene rings is 1. The van der Waals surface area contributed by atoms with Crippen LogP contribution < -0.4 is 4.57 Å². The van der Waals surface area contributed by atoms with Gasteiger partial charge in [0.05, 0.1) is 0 Å². The number of aliphatic hydroxyl groups is 1. The lowest BCUT2D eigenvalue weighted by Gasteiger charge is -2.02. The van der Waals surface area contributed by atoms with Crippen molar-refractivity contribution in [3.05, 3.63) is 54.1 Å². The second kappa shape index (κ2) is 4.28. The Morgan fingerprint density at radius 1 is 1.33 bits per heavy atom. The van der Waals surface area contributed by atoms with Crippen LogP contribution in [0.1, 0.15) is 24.4 Å². The standard InChI is InChI=1S/C12H14N2O/c1-10(15)12-13-7-8-14(12)9-11-5-3-2-4-6-11/h2-8,10,15H,9H2,1H3/p+1. The Balaban J connectivity index is 2.21. The maximum absolute atomic E-state index is 9.52. The van der Waals surface area contributed by atoms with Crippen molar-refractivity contribution in [2.75, 3.05) is 0 Å². The van der Waals surface area contributed by atoms with E-state index in [9.17, 15) is 5.11 Å². The van der Waals surface area contributed by atoms with Gasteiger partial charge in [-0.1, -0.05) is 30.3 Å². The Morgan fingerprint density at radius 3 is 2.73 bits per heavy atom. The van der Waals surface area contributed by atoms with E-state index < -0.39 is 6.10 Å². The predicted octanol–water partition coefficient (Wildman–Crippen LogP) is 1.40. The van der Waals surface area contributed by atoms with Crippen molar-refractivity contribution in [1.29, 1.82) is 0 Å². The van der Waals surface area contributed by atoms with Crippen molar-refractivity contribution in [3.8, 4) is 0 Å². The van der Waals surface area contributed by atoms with Gasteiger partial charge in [-0.2, -0.15) is 0 Å². The molecule has 78 valence electrons. The lowest BCUT2D eigenvalue weighted by atomic mass is 10.2. The summed E-state index contributed by atoms with van der Waals surface area (Å²) in [4.78, 5) is 3.04. The molecule has 0 saturated carbocycles. The molecule has 0 aliphatic carbocycles. The van der Waals surface area contributed by atoms with Crippen molar-refractivity contribution >= 4 is 0 Å².